The number of amides is 2. The summed E-state index contributed by atoms with van der Waals surface area (Å²) in [6.07, 6.45) is 1.37. The van der Waals surface area contributed by atoms with Crippen LogP contribution in [0.2, 0.25) is 0 Å². The van der Waals surface area contributed by atoms with E-state index in [9.17, 15) is 9.59 Å². The molecule has 6 heteroatoms. The van der Waals surface area contributed by atoms with Crippen molar-refractivity contribution in [2.24, 2.45) is 0 Å². The summed E-state index contributed by atoms with van der Waals surface area (Å²) in [5.41, 5.74) is 3.52. The van der Waals surface area contributed by atoms with Crippen molar-refractivity contribution in [2.45, 2.75) is 33.1 Å². The Balaban J connectivity index is 1.62. The lowest BCUT2D eigenvalue weighted by Crippen LogP contribution is -2.22. The molecule has 2 aromatic rings. The number of nitrogens with one attached hydrogen (secondary N) is 2. The Morgan fingerprint density at radius 3 is 2.19 bits per heavy atom. The van der Waals surface area contributed by atoms with Crippen LogP contribution in [0.25, 0.3) is 0 Å². The van der Waals surface area contributed by atoms with Gasteiger partial charge in [-0.15, -0.1) is 0 Å². The van der Waals surface area contributed by atoms with Gasteiger partial charge in [0.05, 0.1) is 0 Å². The average Bonchev–Trinajstić information content (AvgIpc) is 2.67. The van der Waals surface area contributed by atoms with Crippen LogP contribution in [0, 0.1) is 0 Å². The number of carbonyl (C=O) groups is 2. The lowest BCUT2D eigenvalue weighted by atomic mass is 10.0. The van der Waals surface area contributed by atoms with E-state index < -0.39 is 0 Å². The zero-order valence-electron chi connectivity index (χ0n) is 15.6. The van der Waals surface area contributed by atoms with Gasteiger partial charge in [-0.2, -0.15) is 0 Å². The molecule has 0 aliphatic carbocycles. The molecule has 3 rings (SSSR count). The Kier molecular flexibility index (Phi) is 5.96. The van der Waals surface area contributed by atoms with Gasteiger partial charge < -0.3 is 20.1 Å². The van der Waals surface area contributed by atoms with Gasteiger partial charge in [-0.05, 0) is 36.1 Å². The summed E-state index contributed by atoms with van der Waals surface area (Å²) in [6, 6.07) is 11.1. The zero-order chi connectivity index (χ0) is 19.2. The first-order chi connectivity index (χ1) is 13.1. The van der Waals surface area contributed by atoms with Gasteiger partial charge in [0.2, 0.25) is 11.8 Å². The second kappa shape index (κ2) is 8.58. The molecule has 0 atom stereocenters. The average molecular weight is 368 g/mol. The van der Waals surface area contributed by atoms with Crippen molar-refractivity contribution in [1.82, 2.24) is 0 Å². The predicted octanol–water partition coefficient (Wildman–Crippen LogP) is 3.55. The summed E-state index contributed by atoms with van der Waals surface area (Å²) < 4.78 is 11.0. The smallest absolute Gasteiger partial charge is 0.233 e. The number of rotatable bonds is 6. The molecule has 27 heavy (non-hydrogen) atoms. The maximum atomic E-state index is 12.4. The van der Waals surface area contributed by atoms with Crippen LogP contribution in [-0.4, -0.2) is 25.0 Å². The molecule has 2 N–H and O–H groups in total. The van der Waals surface area contributed by atoms with E-state index in [4.69, 9.17) is 9.47 Å². The molecule has 6 nitrogen and oxygen atoms in total. The highest BCUT2D eigenvalue weighted by atomic mass is 16.6. The lowest BCUT2D eigenvalue weighted by molar-refractivity contribution is -0.123. The summed E-state index contributed by atoms with van der Waals surface area (Å²) in [5, 5.41) is 5.63. The Morgan fingerprint density at radius 1 is 0.889 bits per heavy atom. The number of fused-ring (bicyclic) bond motifs is 1. The number of aryl methyl sites for hydroxylation is 2. The molecule has 2 amide bonds. The van der Waals surface area contributed by atoms with E-state index in [2.05, 4.69) is 10.6 Å². The topological polar surface area (TPSA) is 76.7 Å². The minimum absolute atomic E-state index is 0.254. The van der Waals surface area contributed by atoms with Crippen LogP contribution in [0.5, 0.6) is 11.5 Å². The van der Waals surface area contributed by atoms with Crippen LogP contribution >= 0.6 is 0 Å². The van der Waals surface area contributed by atoms with Gasteiger partial charge in [0, 0.05) is 17.4 Å². The molecule has 0 fully saturated rings. The van der Waals surface area contributed by atoms with E-state index in [-0.39, 0.29) is 18.2 Å². The van der Waals surface area contributed by atoms with E-state index in [0.717, 1.165) is 29.7 Å². The number of hydrogen-bond donors (Lipinski definition) is 2. The number of para-hydroxylation sites is 1. The van der Waals surface area contributed by atoms with Gasteiger partial charge in [-0.3, -0.25) is 9.59 Å². The van der Waals surface area contributed by atoms with E-state index in [1.54, 1.807) is 18.2 Å². The first-order valence-corrected chi connectivity index (χ1v) is 9.20. The second-order valence-electron chi connectivity index (χ2n) is 6.29. The van der Waals surface area contributed by atoms with E-state index >= 15 is 0 Å². The molecular formula is C21H24N2O4. The Hall–Kier alpha value is -3.02. The number of benzene rings is 2. The van der Waals surface area contributed by atoms with Gasteiger partial charge >= 0.3 is 0 Å². The number of ether oxygens (including phenoxy) is 2. The molecular weight excluding hydrogens is 344 g/mol. The highest BCUT2D eigenvalue weighted by molar-refractivity contribution is 6.08. The van der Waals surface area contributed by atoms with Gasteiger partial charge in [0.15, 0.2) is 11.5 Å². The standard InChI is InChI=1S/C21H24N2O4/c1-3-14-6-5-7-15(4-2)21(14)23-20(25)13-19(24)22-16-8-9-17-18(12-16)27-11-10-26-17/h5-9,12H,3-4,10-11,13H2,1-2H3,(H,22,24)(H,23,25). The summed E-state index contributed by atoms with van der Waals surface area (Å²) >= 11 is 0. The molecule has 0 saturated carbocycles. The zero-order valence-corrected chi connectivity index (χ0v) is 15.6. The maximum absolute atomic E-state index is 12.4. The van der Waals surface area contributed by atoms with Gasteiger partial charge in [0.1, 0.15) is 19.6 Å². The first-order valence-electron chi connectivity index (χ1n) is 9.20. The van der Waals surface area contributed by atoms with Gasteiger partial charge in [-0.1, -0.05) is 32.0 Å². The SMILES string of the molecule is CCc1cccc(CC)c1NC(=O)CC(=O)Nc1ccc2c(c1)OCCO2. The molecule has 142 valence electrons. The quantitative estimate of drug-likeness (QED) is 0.765. The van der Waals surface area contributed by atoms with E-state index in [1.165, 1.54) is 0 Å². The number of anilines is 2. The van der Waals surface area contributed by atoms with Gasteiger partial charge in [-0.25, -0.2) is 0 Å². The summed E-state index contributed by atoms with van der Waals surface area (Å²) in [6.45, 7) is 5.07. The van der Waals surface area contributed by atoms with Crippen molar-refractivity contribution < 1.29 is 19.1 Å². The second-order valence-corrected chi connectivity index (χ2v) is 6.29. The number of carbonyl (C=O) groups excluding carboxylic acids is 2. The lowest BCUT2D eigenvalue weighted by Gasteiger charge is -2.19. The largest absolute Gasteiger partial charge is 0.486 e. The van der Waals surface area contributed by atoms with Crippen molar-refractivity contribution in [3.63, 3.8) is 0 Å². The summed E-state index contributed by atoms with van der Waals surface area (Å²) in [5.74, 6) is 0.532. The predicted molar refractivity (Wildman–Crippen MR) is 105 cm³/mol. The third-order valence-corrected chi connectivity index (χ3v) is 4.41. The van der Waals surface area contributed by atoms with Crippen LogP contribution in [0.4, 0.5) is 11.4 Å². The molecule has 0 radical (unpaired) electrons. The highest BCUT2D eigenvalue weighted by Crippen LogP contribution is 2.32. The molecule has 2 aromatic carbocycles. The molecule has 0 aromatic heterocycles. The molecule has 0 bridgehead atoms. The fraction of sp³-hybridized carbons (Fsp3) is 0.333. The monoisotopic (exact) mass is 368 g/mol. The molecule has 1 aliphatic rings. The molecule has 1 aliphatic heterocycles. The Labute approximate surface area is 158 Å². The molecule has 0 spiro atoms. The van der Waals surface area contributed by atoms with Crippen LogP contribution in [-0.2, 0) is 22.4 Å². The maximum Gasteiger partial charge on any atom is 0.233 e. The first kappa shape index (κ1) is 18.8. The molecule has 1 heterocycles. The third-order valence-electron chi connectivity index (χ3n) is 4.41. The fourth-order valence-electron chi connectivity index (χ4n) is 3.06. The normalized spacial score (nSPS) is 12.4. The Morgan fingerprint density at radius 2 is 1.52 bits per heavy atom. The summed E-state index contributed by atoms with van der Waals surface area (Å²) in [7, 11) is 0. The van der Waals surface area contributed by atoms with Crippen LogP contribution in [0.15, 0.2) is 36.4 Å². The molecule has 0 unspecified atom stereocenters. The van der Waals surface area contributed by atoms with E-state index in [0.29, 0.717) is 30.4 Å². The van der Waals surface area contributed by atoms with Crippen LogP contribution < -0.4 is 20.1 Å². The minimum Gasteiger partial charge on any atom is -0.486 e. The van der Waals surface area contributed by atoms with Crippen molar-refractivity contribution in [3.05, 3.63) is 47.5 Å². The van der Waals surface area contributed by atoms with E-state index in [1.807, 2.05) is 32.0 Å². The van der Waals surface area contributed by atoms with Crippen molar-refractivity contribution >= 4 is 23.2 Å². The summed E-state index contributed by atoms with van der Waals surface area (Å²) in [4.78, 5) is 24.6. The third kappa shape index (κ3) is 4.58. The Bertz CT molecular complexity index is 826. The van der Waals surface area contributed by atoms with Crippen LogP contribution in [0.1, 0.15) is 31.4 Å². The highest BCUT2D eigenvalue weighted by Gasteiger charge is 2.16. The molecule has 0 saturated heterocycles. The minimum atomic E-state index is -0.379. The van der Waals surface area contributed by atoms with Crippen molar-refractivity contribution in [2.75, 3.05) is 23.8 Å². The van der Waals surface area contributed by atoms with Crippen molar-refractivity contribution in [3.8, 4) is 11.5 Å². The number of hydrogen-bond acceptors (Lipinski definition) is 4. The van der Waals surface area contributed by atoms with Crippen LogP contribution in [0.3, 0.4) is 0 Å². The van der Waals surface area contributed by atoms with Gasteiger partial charge in [0.25, 0.3) is 0 Å². The fourth-order valence-corrected chi connectivity index (χ4v) is 3.06. The van der Waals surface area contributed by atoms with Crippen molar-refractivity contribution in [1.29, 1.82) is 0 Å².